The van der Waals surface area contributed by atoms with Gasteiger partial charge in [-0.2, -0.15) is 5.26 Å². The van der Waals surface area contributed by atoms with E-state index in [1.54, 1.807) is 6.07 Å². The summed E-state index contributed by atoms with van der Waals surface area (Å²) in [5, 5.41) is 12.2. The molecule has 0 amide bonds. The Morgan fingerprint density at radius 2 is 2.05 bits per heavy atom. The normalized spacial score (nSPS) is 9.85. The van der Waals surface area contributed by atoms with E-state index >= 15 is 0 Å². The summed E-state index contributed by atoms with van der Waals surface area (Å²) in [5.41, 5.74) is 1.60. The number of pyridine rings is 1. The number of benzene rings is 1. The maximum atomic E-state index is 8.96. The van der Waals surface area contributed by atoms with Crippen LogP contribution in [0.1, 0.15) is 18.9 Å². The van der Waals surface area contributed by atoms with Crippen LogP contribution in [0.2, 0.25) is 0 Å². The van der Waals surface area contributed by atoms with Gasteiger partial charge in [-0.3, -0.25) is 0 Å². The molecule has 0 fully saturated rings. The van der Waals surface area contributed by atoms with Crippen molar-refractivity contribution in [1.82, 2.24) is 4.98 Å². The third kappa shape index (κ3) is 3.27. The topological polar surface area (TPSA) is 52.0 Å². The number of nitriles is 1. The van der Waals surface area contributed by atoms with Gasteiger partial charge in [-0.25, -0.2) is 4.98 Å². The molecule has 0 saturated heterocycles. The fourth-order valence-electron chi connectivity index (χ4n) is 1.88. The first-order valence-electron chi connectivity index (χ1n) is 6.69. The predicted octanol–water partition coefficient (Wildman–Crippen LogP) is 3.54. The van der Waals surface area contributed by atoms with Gasteiger partial charge < -0.3 is 10.2 Å². The molecule has 1 aromatic carbocycles. The van der Waals surface area contributed by atoms with Crippen LogP contribution in [0.5, 0.6) is 0 Å². The van der Waals surface area contributed by atoms with E-state index in [1.807, 2.05) is 48.3 Å². The van der Waals surface area contributed by atoms with E-state index in [1.165, 1.54) is 0 Å². The lowest BCUT2D eigenvalue weighted by molar-refractivity contribution is 0.967. The fraction of sp³-hybridized carbons (Fsp3) is 0.250. The monoisotopic (exact) mass is 266 g/mol. The van der Waals surface area contributed by atoms with Crippen molar-refractivity contribution in [2.75, 3.05) is 23.8 Å². The number of hydrogen-bond acceptors (Lipinski definition) is 4. The van der Waals surface area contributed by atoms with Gasteiger partial charge in [-0.1, -0.05) is 19.1 Å². The van der Waals surface area contributed by atoms with Crippen LogP contribution in [-0.2, 0) is 0 Å². The lowest BCUT2D eigenvalue weighted by atomic mass is 10.2. The van der Waals surface area contributed by atoms with Gasteiger partial charge in [-0.15, -0.1) is 0 Å². The molecule has 0 unspecified atom stereocenters. The Morgan fingerprint density at radius 1 is 1.25 bits per heavy atom. The first-order chi connectivity index (χ1) is 9.74. The minimum absolute atomic E-state index is 0.648. The second kappa shape index (κ2) is 6.58. The molecule has 4 nitrogen and oxygen atoms in total. The largest absolute Gasteiger partial charge is 0.370 e. The van der Waals surface area contributed by atoms with Gasteiger partial charge in [0, 0.05) is 19.3 Å². The molecule has 1 heterocycles. The molecule has 0 atom stereocenters. The molecule has 0 saturated carbocycles. The van der Waals surface area contributed by atoms with Gasteiger partial charge in [0.25, 0.3) is 0 Å². The highest BCUT2D eigenvalue weighted by Crippen LogP contribution is 2.23. The van der Waals surface area contributed by atoms with Crippen LogP contribution < -0.4 is 10.2 Å². The summed E-state index contributed by atoms with van der Waals surface area (Å²) in [5.74, 6) is 1.72. The highest BCUT2D eigenvalue weighted by atomic mass is 15.2. The third-order valence-electron chi connectivity index (χ3n) is 3.00. The Bertz CT molecular complexity index is 616. The molecule has 1 N–H and O–H groups in total. The molecular formula is C16H18N4. The zero-order valence-corrected chi connectivity index (χ0v) is 11.8. The molecule has 0 aliphatic rings. The van der Waals surface area contributed by atoms with Gasteiger partial charge in [0.05, 0.1) is 11.6 Å². The summed E-state index contributed by atoms with van der Waals surface area (Å²) < 4.78 is 0. The average Bonchev–Trinajstić information content (AvgIpc) is 2.52. The van der Waals surface area contributed by atoms with E-state index in [4.69, 9.17) is 5.26 Å². The van der Waals surface area contributed by atoms with Gasteiger partial charge in [0.15, 0.2) is 0 Å². The number of nitrogens with one attached hydrogen (secondary N) is 1. The second-order valence-electron chi connectivity index (χ2n) is 4.53. The van der Waals surface area contributed by atoms with E-state index < -0.39 is 0 Å². The molecule has 4 heteroatoms. The Balaban J connectivity index is 2.23. The highest BCUT2D eigenvalue weighted by molar-refractivity contribution is 5.62. The van der Waals surface area contributed by atoms with Crippen LogP contribution in [0, 0.1) is 11.3 Å². The van der Waals surface area contributed by atoms with Crippen LogP contribution in [0.4, 0.5) is 17.3 Å². The van der Waals surface area contributed by atoms with Gasteiger partial charge in [-0.05, 0) is 36.8 Å². The molecule has 1 aromatic heterocycles. The number of anilines is 3. The molecule has 0 radical (unpaired) electrons. The van der Waals surface area contributed by atoms with E-state index in [9.17, 15) is 0 Å². The van der Waals surface area contributed by atoms with Gasteiger partial charge >= 0.3 is 0 Å². The van der Waals surface area contributed by atoms with Crippen molar-refractivity contribution < 1.29 is 0 Å². The Hall–Kier alpha value is -2.54. The standard InChI is InChI=1S/C16H18N4/c1-3-10-18-15-8-5-9-16(19-15)20(2)14-7-4-6-13(11-14)12-17/h4-9,11H,3,10H2,1-2H3,(H,18,19). The Labute approximate surface area is 119 Å². The SMILES string of the molecule is CCCNc1cccc(N(C)c2cccc(C#N)c2)n1. The van der Waals surface area contributed by atoms with Gasteiger partial charge in [0.2, 0.25) is 0 Å². The summed E-state index contributed by atoms with van der Waals surface area (Å²) in [6.45, 7) is 3.03. The van der Waals surface area contributed by atoms with Gasteiger partial charge in [0.1, 0.15) is 11.6 Å². The maximum Gasteiger partial charge on any atom is 0.135 e. The number of aromatic nitrogens is 1. The van der Waals surface area contributed by atoms with E-state index in [2.05, 4.69) is 23.3 Å². The lowest BCUT2D eigenvalue weighted by Gasteiger charge is -2.19. The van der Waals surface area contributed by atoms with Crippen molar-refractivity contribution in [3.63, 3.8) is 0 Å². The van der Waals surface area contributed by atoms with E-state index in [-0.39, 0.29) is 0 Å². The highest BCUT2D eigenvalue weighted by Gasteiger charge is 2.06. The fourth-order valence-corrected chi connectivity index (χ4v) is 1.88. The third-order valence-corrected chi connectivity index (χ3v) is 3.00. The zero-order chi connectivity index (χ0) is 14.4. The Kier molecular flexibility index (Phi) is 4.56. The Morgan fingerprint density at radius 3 is 2.80 bits per heavy atom. The van der Waals surface area contributed by atoms with Crippen LogP contribution in [0.25, 0.3) is 0 Å². The van der Waals surface area contributed by atoms with Crippen molar-refractivity contribution in [3.8, 4) is 6.07 Å². The molecule has 2 rings (SSSR count). The summed E-state index contributed by atoms with van der Waals surface area (Å²) in [7, 11) is 1.95. The van der Waals surface area contributed by atoms with E-state index in [0.717, 1.165) is 30.3 Å². The quantitative estimate of drug-likeness (QED) is 0.899. The molecular weight excluding hydrogens is 248 g/mol. The minimum atomic E-state index is 0.648. The molecule has 102 valence electrons. The molecule has 2 aromatic rings. The average molecular weight is 266 g/mol. The lowest BCUT2D eigenvalue weighted by Crippen LogP contribution is -2.12. The number of rotatable bonds is 5. The summed E-state index contributed by atoms with van der Waals surface area (Å²) in [4.78, 5) is 6.54. The van der Waals surface area contributed by atoms with Crippen LogP contribution in [0.15, 0.2) is 42.5 Å². The first-order valence-corrected chi connectivity index (χ1v) is 6.69. The van der Waals surface area contributed by atoms with Crippen molar-refractivity contribution in [3.05, 3.63) is 48.0 Å². The summed E-state index contributed by atoms with van der Waals surface area (Å²) >= 11 is 0. The van der Waals surface area contributed by atoms with Crippen molar-refractivity contribution in [2.24, 2.45) is 0 Å². The first kappa shape index (κ1) is 13.9. The van der Waals surface area contributed by atoms with Crippen LogP contribution in [0.3, 0.4) is 0 Å². The summed E-state index contributed by atoms with van der Waals surface area (Å²) in [6, 6.07) is 15.5. The molecule has 0 spiro atoms. The molecule has 0 bridgehead atoms. The maximum absolute atomic E-state index is 8.96. The van der Waals surface area contributed by atoms with Crippen LogP contribution in [-0.4, -0.2) is 18.6 Å². The number of nitrogens with zero attached hydrogens (tertiary/aromatic N) is 3. The summed E-state index contributed by atoms with van der Waals surface area (Å²) in [6.07, 6.45) is 1.06. The zero-order valence-electron chi connectivity index (χ0n) is 11.8. The van der Waals surface area contributed by atoms with Crippen LogP contribution >= 0.6 is 0 Å². The van der Waals surface area contributed by atoms with Crippen molar-refractivity contribution >= 4 is 17.3 Å². The molecule has 0 aliphatic carbocycles. The smallest absolute Gasteiger partial charge is 0.135 e. The predicted molar refractivity (Wildman–Crippen MR) is 82.2 cm³/mol. The van der Waals surface area contributed by atoms with Crippen molar-refractivity contribution in [1.29, 1.82) is 5.26 Å². The second-order valence-corrected chi connectivity index (χ2v) is 4.53. The van der Waals surface area contributed by atoms with Crippen molar-refractivity contribution in [2.45, 2.75) is 13.3 Å². The van der Waals surface area contributed by atoms with E-state index in [0.29, 0.717) is 5.56 Å². The molecule has 0 aliphatic heterocycles. The number of hydrogen-bond donors (Lipinski definition) is 1. The minimum Gasteiger partial charge on any atom is -0.370 e. The molecule has 20 heavy (non-hydrogen) atoms.